The standard InChI is InChI=1S/C41H79NO8/c1-3-5-7-9-11-13-15-17-19-20-22-24-26-28-30-35(44)34(33-49-41-40(48)39(47)38(46)36(32-43)50-41)42-37(45)31-29-27-25-23-21-18-16-14-12-10-8-6-4-2/h28,30,34-36,38-41,43-44,46-48H,3-27,29,31-33H2,1-2H3,(H,42,45)/b30-28+/t34-,35+,36+,38+,39?,40?,41+/m0/s1. The van der Waals surface area contributed by atoms with E-state index in [9.17, 15) is 30.3 Å². The summed E-state index contributed by atoms with van der Waals surface area (Å²) >= 11 is 0. The first-order valence-electron chi connectivity index (χ1n) is 20.9. The van der Waals surface area contributed by atoms with Crippen molar-refractivity contribution in [1.29, 1.82) is 0 Å². The second-order valence-electron chi connectivity index (χ2n) is 14.8. The molecule has 0 spiro atoms. The Morgan fingerprint density at radius 1 is 0.660 bits per heavy atom. The molecule has 1 rings (SSSR count). The first-order valence-corrected chi connectivity index (χ1v) is 20.9. The summed E-state index contributed by atoms with van der Waals surface area (Å²) in [6.07, 6.45) is 28.2. The van der Waals surface area contributed by atoms with Crippen LogP contribution in [0.2, 0.25) is 0 Å². The smallest absolute Gasteiger partial charge is 0.220 e. The fourth-order valence-corrected chi connectivity index (χ4v) is 6.68. The minimum atomic E-state index is -1.56. The first kappa shape index (κ1) is 47.0. The average molecular weight is 714 g/mol. The van der Waals surface area contributed by atoms with Gasteiger partial charge in [-0.1, -0.05) is 174 Å². The van der Waals surface area contributed by atoms with E-state index in [1.54, 1.807) is 6.08 Å². The van der Waals surface area contributed by atoms with E-state index in [-0.39, 0.29) is 12.5 Å². The van der Waals surface area contributed by atoms with Crippen molar-refractivity contribution in [3.63, 3.8) is 0 Å². The van der Waals surface area contributed by atoms with Gasteiger partial charge in [0, 0.05) is 6.42 Å². The van der Waals surface area contributed by atoms with Gasteiger partial charge in [0.25, 0.3) is 0 Å². The zero-order valence-electron chi connectivity index (χ0n) is 32.2. The van der Waals surface area contributed by atoms with Crippen LogP contribution in [0.25, 0.3) is 0 Å². The summed E-state index contributed by atoms with van der Waals surface area (Å²) in [5, 5.41) is 54.0. The average Bonchev–Trinajstić information content (AvgIpc) is 3.11. The van der Waals surface area contributed by atoms with Crippen molar-refractivity contribution in [3.05, 3.63) is 12.2 Å². The minimum Gasteiger partial charge on any atom is -0.394 e. The highest BCUT2D eigenvalue weighted by molar-refractivity contribution is 5.76. The lowest BCUT2D eigenvalue weighted by Gasteiger charge is -2.40. The van der Waals surface area contributed by atoms with Crippen molar-refractivity contribution in [3.8, 4) is 0 Å². The lowest BCUT2D eigenvalue weighted by molar-refractivity contribution is -0.302. The number of carbonyl (C=O) groups excluding carboxylic acids is 1. The van der Waals surface area contributed by atoms with Gasteiger partial charge in [-0.3, -0.25) is 4.79 Å². The van der Waals surface area contributed by atoms with Crippen molar-refractivity contribution in [2.45, 2.75) is 230 Å². The van der Waals surface area contributed by atoms with Gasteiger partial charge in [0.1, 0.15) is 24.4 Å². The number of rotatable bonds is 34. The molecule has 0 bridgehead atoms. The molecule has 1 saturated heterocycles. The molecule has 9 heteroatoms. The molecule has 50 heavy (non-hydrogen) atoms. The van der Waals surface area contributed by atoms with Gasteiger partial charge in [-0.2, -0.15) is 0 Å². The van der Waals surface area contributed by atoms with Crippen LogP contribution in [0.3, 0.4) is 0 Å². The Morgan fingerprint density at radius 3 is 1.56 bits per heavy atom. The Balaban J connectivity index is 2.42. The summed E-state index contributed by atoms with van der Waals surface area (Å²) in [6.45, 7) is 3.76. The molecular weight excluding hydrogens is 634 g/mol. The zero-order valence-corrected chi connectivity index (χ0v) is 32.2. The summed E-state index contributed by atoms with van der Waals surface area (Å²) in [5.41, 5.74) is 0. The van der Waals surface area contributed by atoms with Gasteiger partial charge in [-0.15, -0.1) is 0 Å². The van der Waals surface area contributed by atoms with Crippen molar-refractivity contribution >= 4 is 5.91 Å². The molecule has 2 unspecified atom stereocenters. The minimum absolute atomic E-state index is 0.177. The molecular formula is C41H79NO8. The van der Waals surface area contributed by atoms with E-state index in [4.69, 9.17) is 9.47 Å². The third kappa shape index (κ3) is 23.5. The molecule has 7 atom stereocenters. The number of allylic oxidation sites excluding steroid dienone is 1. The highest BCUT2D eigenvalue weighted by atomic mass is 16.7. The van der Waals surface area contributed by atoms with Crippen LogP contribution in [-0.2, 0) is 14.3 Å². The van der Waals surface area contributed by atoms with E-state index in [1.165, 1.54) is 128 Å². The highest BCUT2D eigenvalue weighted by Gasteiger charge is 2.44. The van der Waals surface area contributed by atoms with Gasteiger partial charge in [-0.05, 0) is 19.3 Å². The summed E-state index contributed by atoms with van der Waals surface area (Å²) in [7, 11) is 0. The van der Waals surface area contributed by atoms with Crippen molar-refractivity contribution < 1.29 is 39.8 Å². The molecule has 0 saturated carbocycles. The Hall–Kier alpha value is -1.07. The molecule has 1 aliphatic heterocycles. The van der Waals surface area contributed by atoms with Gasteiger partial charge >= 0.3 is 0 Å². The molecule has 0 radical (unpaired) electrons. The Labute approximate surface area is 306 Å². The number of carbonyl (C=O) groups is 1. The molecule has 1 aliphatic rings. The predicted octanol–water partition coefficient (Wildman–Crippen LogP) is 7.78. The summed E-state index contributed by atoms with van der Waals surface area (Å²) in [4.78, 5) is 12.9. The van der Waals surface area contributed by atoms with Crippen molar-refractivity contribution in [2.24, 2.45) is 0 Å². The number of nitrogens with one attached hydrogen (secondary N) is 1. The largest absolute Gasteiger partial charge is 0.394 e. The quantitative estimate of drug-likeness (QED) is 0.0293. The van der Waals surface area contributed by atoms with E-state index in [0.29, 0.717) is 6.42 Å². The molecule has 0 aromatic rings. The maximum Gasteiger partial charge on any atom is 0.220 e. The Bertz CT molecular complexity index is 797. The van der Waals surface area contributed by atoms with Gasteiger partial charge in [0.15, 0.2) is 6.29 Å². The van der Waals surface area contributed by atoms with E-state index >= 15 is 0 Å². The summed E-state index contributed by atoms with van der Waals surface area (Å²) in [6, 6.07) is -0.796. The molecule has 1 heterocycles. The predicted molar refractivity (Wildman–Crippen MR) is 203 cm³/mol. The van der Waals surface area contributed by atoms with Crippen LogP contribution in [0.1, 0.15) is 187 Å². The first-order chi connectivity index (χ1) is 24.3. The third-order valence-electron chi connectivity index (χ3n) is 10.1. The Kier molecular flexibility index (Phi) is 30.6. The highest BCUT2D eigenvalue weighted by Crippen LogP contribution is 2.22. The van der Waals surface area contributed by atoms with Crippen LogP contribution in [0.5, 0.6) is 0 Å². The molecule has 9 nitrogen and oxygen atoms in total. The number of aliphatic hydroxyl groups excluding tert-OH is 5. The van der Waals surface area contributed by atoms with Crippen LogP contribution in [0.15, 0.2) is 12.2 Å². The number of ether oxygens (including phenoxy) is 2. The topological polar surface area (TPSA) is 149 Å². The van der Waals surface area contributed by atoms with Gasteiger partial charge < -0.3 is 40.3 Å². The molecule has 1 amide bonds. The van der Waals surface area contributed by atoms with E-state index in [0.717, 1.165) is 38.5 Å². The monoisotopic (exact) mass is 714 g/mol. The summed E-state index contributed by atoms with van der Waals surface area (Å²) < 4.78 is 11.2. The van der Waals surface area contributed by atoms with Gasteiger partial charge in [-0.25, -0.2) is 0 Å². The summed E-state index contributed by atoms with van der Waals surface area (Å²) in [5.74, 6) is -0.177. The Morgan fingerprint density at radius 2 is 1.10 bits per heavy atom. The molecule has 1 fully saturated rings. The number of hydrogen-bond donors (Lipinski definition) is 6. The lowest BCUT2D eigenvalue weighted by Crippen LogP contribution is -2.60. The maximum absolute atomic E-state index is 12.9. The van der Waals surface area contributed by atoms with Gasteiger partial charge in [0.2, 0.25) is 5.91 Å². The van der Waals surface area contributed by atoms with E-state index < -0.39 is 49.5 Å². The third-order valence-corrected chi connectivity index (χ3v) is 10.1. The zero-order chi connectivity index (χ0) is 36.7. The molecule has 0 aliphatic carbocycles. The fourth-order valence-electron chi connectivity index (χ4n) is 6.68. The number of amides is 1. The SMILES string of the molecule is CCCCCCCCCCCCCC/C=C/[C@@H](O)[C@H](CO[C@@H]1O[C@H](CO)[C@@H](O)C(O)C1O)NC(=O)CCCCCCCCCCCCCCC. The van der Waals surface area contributed by atoms with Crippen LogP contribution in [0.4, 0.5) is 0 Å². The normalized spacial score (nSPS) is 22.3. The second-order valence-corrected chi connectivity index (χ2v) is 14.8. The fraction of sp³-hybridized carbons (Fsp3) is 0.927. The number of unbranched alkanes of at least 4 members (excludes halogenated alkanes) is 24. The van der Waals surface area contributed by atoms with Crippen LogP contribution < -0.4 is 5.32 Å². The van der Waals surface area contributed by atoms with Crippen LogP contribution in [-0.4, -0.2) is 87.5 Å². The van der Waals surface area contributed by atoms with Crippen LogP contribution in [0, 0.1) is 0 Å². The van der Waals surface area contributed by atoms with Crippen molar-refractivity contribution in [2.75, 3.05) is 13.2 Å². The molecule has 296 valence electrons. The molecule has 6 N–H and O–H groups in total. The number of aliphatic hydroxyl groups is 5. The second kappa shape index (κ2) is 32.6. The molecule has 0 aromatic carbocycles. The van der Waals surface area contributed by atoms with Crippen molar-refractivity contribution in [1.82, 2.24) is 5.32 Å². The lowest BCUT2D eigenvalue weighted by atomic mass is 9.99. The van der Waals surface area contributed by atoms with E-state index in [1.807, 2.05) is 6.08 Å². The van der Waals surface area contributed by atoms with E-state index in [2.05, 4.69) is 19.2 Å². The maximum atomic E-state index is 12.9. The van der Waals surface area contributed by atoms with Crippen LogP contribution >= 0.6 is 0 Å². The number of hydrogen-bond acceptors (Lipinski definition) is 8. The molecule has 0 aromatic heterocycles. The van der Waals surface area contributed by atoms with Gasteiger partial charge in [0.05, 0.1) is 25.4 Å².